The first-order valence-corrected chi connectivity index (χ1v) is 11.3. The number of nitrogens with zero attached hydrogens (tertiary/aromatic N) is 6. The first-order valence-electron chi connectivity index (χ1n) is 9.84. The average Bonchev–Trinajstić information content (AvgIpc) is 3.39. The summed E-state index contributed by atoms with van der Waals surface area (Å²) < 4.78 is 33.1. The van der Waals surface area contributed by atoms with Gasteiger partial charge >= 0.3 is 0 Å². The van der Waals surface area contributed by atoms with E-state index in [2.05, 4.69) is 25.1 Å². The molecule has 1 aliphatic carbocycles. The number of rotatable bonds is 6. The average molecular weight is 416 g/mol. The highest BCUT2D eigenvalue weighted by Crippen LogP contribution is 2.29. The van der Waals surface area contributed by atoms with E-state index in [0.717, 1.165) is 42.8 Å². The molecule has 0 unspecified atom stereocenters. The molecule has 0 radical (unpaired) electrons. The summed E-state index contributed by atoms with van der Waals surface area (Å²) in [5.41, 5.74) is 1.63. The highest BCUT2D eigenvalue weighted by molar-refractivity contribution is 7.89. The van der Waals surface area contributed by atoms with Crippen LogP contribution in [0.5, 0.6) is 0 Å². The molecule has 1 fully saturated rings. The van der Waals surface area contributed by atoms with Gasteiger partial charge < -0.3 is 4.57 Å². The molecule has 2 aromatic heterocycles. The van der Waals surface area contributed by atoms with E-state index in [1.165, 1.54) is 0 Å². The van der Waals surface area contributed by atoms with E-state index in [4.69, 9.17) is 0 Å². The minimum absolute atomic E-state index is 0.106. The van der Waals surface area contributed by atoms with Gasteiger partial charge in [-0.2, -0.15) is 0 Å². The molecule has 0 saturated heterocycles. The van der Waals surface area contributed by atoms with E-state index in [1.807, 2.05) is 29.0 Å². The summed E-state index contributed by atoms with van der Waals surface area (Å²) in [5.74, 6) is 0.753. The largest absolute Gasteiger partial charge is 0.317 e. The van der Waals surface area contributed by atoms with Crippen molar-refractivity contribution in [2.45, 2.75) is 62.9 Å². The topological polar surface area (TPSA) is 108 Å². The molecule has 0 aliphatic heterocycles. The molecule has 0 spiro atoms. The molecular formula is C19H25N7O2S. The second kappa shape index (κ2) is 8.03. The molecule has 1 aliphatic rings. The highest BCUT2D eigenvalue weighted by atomic mass is 32.2. The van der Waals surface area contributed by atoms with Crippen LogP contribution in [0.4, 0.5) is 0 Å². The number of sulfonamides is 1. The SMILES string of the molecule is CCc1cc(-n2cnnc2C)ccc1S(=O)(=O)N[C@H]1CCC[C@@H](n2cnnc2)C1. The molecule has 2 atom stereocenters. The van der Waals surface area contributed by atoms with Gasteiger partial charge in [-0.1, -0.05) is 6.92 Å². The van der Waals surface area contributed by atoms with Crippen molar-refractivity contribution < 1.29 is 8.42 Å². The molecule has 0 amide bonds. The second-order valence-electron chi connectivity index (χ2n) is 7.44. The molecule has 3 aromatic rings. The third-order valence-corrected chi connectivity index (χ3v) is 7.16. The summed E-state index contributed by atoms with van der Waals surface area (Å²) in [6.45, 7) is 3.82. The highest BCUT2D eigenvalue weighted by Gasteiger charge is 2.28. The zero-order chi connectivity index (χ0) is 20.4. The van der Waals surface area contributed by atoms with Gasteiger partial charge in [0.05, 0.1) is 4.90 Å². The lowest BCUT2D eigenvalue weighted by atomic mass is 9.91. The van der Waals surface area contributed by atoms with Gasteiger partial charge in [0, 0.05) is 17.8 Å². The molecule has 10 heteroatoms. The number of aryl methyl sites for hydroxylation is 2. The normalized spacial score (nSPS) is 20.1. The van der Waals surface area contributed by atoms with E-state index < -0.39 is 10.0 Å². The number of nitrogens with one attached hydrogen (secondary N) is 1. The summed E-state index contributed by atoms with van der Waals surface area (Å²) in [7, 11) is -3.62. The lowest BCUT2D eigenvalue weighted by molar-refractivity contribution is 0.305. The maximum atomic E-state index is 13.2. The summed E-state index contributed by atoms with van der Waals surface area (Å²) >= 11 is 0. The predicted octanol–water partition coefficient (Wildman–Crippen LogP) is 2.19. The molecule has 1 aromatic carbocycles. The Labute approximate surface area is 170 Å². The molecule has 0 bridgehead atoms. The zero-order valence-corrected chi connectivity index (χ0v) is 17.4. The van der Waals surface area contributed by atoms with Gasteiger partial charge in [-0.15, -0.1) is 20.4 Å². The first kappa shape index (κ1) is 19.7. The fourth-order valence-electron chi connectivity index (χ4n) is 4.02. The van der Waals surface area contributed by atoms with E-state index in [1.54, 1.807) is 31.1 Å². The third kappa shape index (κ3) is 4.08. The number of hydrogen-bond acceptors (Lipinski definition) is 6. The van der Waals surface area contributed by atoms with Gasteiger partial charge in [-0.25, -0.2) is 13.1 Å². The molecular weight excluding hydrogens is 390 g/mol. The third-order valence-electron chi connectivity index (χ3n) is 5.54. The van der Waals surface area contributed by atoms with Crippen LogP contribution in [-0.4, -0.2) is 44.0 Å². The quantitative estimate of drug-likeness (QED) is 0.661. The van der Waals surface area contributed by atoms with E-state index in [-0.39, 0.29) is 12.1 Å². The van der Waals surface area contributed by atoms with Crippen LogP contribution >= 0.6 is 0 Å². The van der Waals surface area contributed by atoms with E-state index >= 15 is 0 Å². The minimum atomic E-state index is -3.62. The van der Waals surface area contributed by atoms with Crippen LogP contribution in [0.25, 0.3) is 5.69 Å². The van der Waals surface area contributed by atoms with Gasteiger partial charge in [0.15, 0.2) is 0 Å². The molecule has 4 rings (SSSR count). The minimum Gasteiger partial charge on any atom is -0.317 e. The zero-order valence-electron chi connectivity index (χ0n) is 16.6. The number of benzene rings is 1. The van der Waals surface area contributed by atoms with Crippen molar-refractivity contribution in [2.24, 2.45) is 0 Å². The maximum absolute atomic E-state index is 13.2. The molecule has 1 N–H and O–H groups in total. The fraction of sp³-hybridized carbons (Fsp3) is 0.474. The molecule has 154 valence electrons. The van der Waals surface area contributed by atoms with Crippen molar-refractivity contribution in [1.29, 1.82) is 0 Å². The Bertz CT molecular complexity index is 1080. The molecule has 9 nitrogen and oxygen atoms in total. The van der Waals surface area contributed by atoms with Gasteiger partial charge in [0.25, 0.3) is 0 Å². The van der Waals surface area contributed by atoms with Gasteiger partial charge in [-0.3, -0.25) is 4.57 Å². The standard InChI is InChI=1S/C19H25N7O2S/c1-3-15-9-18(26-13-22-23-14(26)2)7-8-19(15)29(27,28)24-16-5-4-6-17(10-16)25-11-20-21-12-25/h7-9,11-13,16-17,24H,3-6,10H2,1-2H3/t16-,17+/m0/s1. The Morgan fingerprint density at radius 2 is 1.93 bits per heavy atom. The van der Waals surface area contributed by atoms with Crippen molar-refractivity contribution in [1.82, 2.24) is 34.3 Å². The Kier molecular flexibility index (Phi) is 5.46. The monoisotopic (exact) mass is 415 g/mol. The smallest absolute Gasteiger partial charge is 0.241 e. The summed E-state index contributed by atoms with van der Waals surface area (Å²) in [4.78, 5) is 0.334. The molecule has 2 heterocycles. The van der Waals surface area contributed by atoms with Crippen LogP contribution < -0.4 is 4.72 Å². The van der Waals surface area contributed by atoms with Crippen molar-refractivity contribution in [2.75, 3.05) is 0 Å². The van der Waals surface area contributed by atoms with Crippen LogP contribution in [0.1, 0.15) is 50.0 Å². The van der Waals surface area contributed by atoms with Crippen molar-refractivity contribution in [3.8, 4) is 5.69 Å². The summed E-state index contributed by atoms with van der Waals surface area (Å²) in [6.07, 6.45) is 9.16. The Hall–Kier alpha value is -2.59. The Balaban J connectivity index is 1.56. The summed E-state index contributed by atoms with van der Waals surface area (Å²) in [5, 5.41) is 15.6. The van der Waals surface area contributed by atoms with Gasteiger partial charge in [0.1, 0.15) is 24.8 Å². The van der Waals surface area contributed by atoms with E-state index in [0.29, 0.717) is 11.3 Å². The van der Waals surface area contributed by atoms with Crippen molar-refractivity contribution in [3.05, 3.63) is 48.6 Å². The molecule has 29 heavy (non-hydrogen) atoms. The second-order valence-corrected chi connectivity index (χ2v) is 9.12. The maximum Gasteiger partial charge on any atom is 0.241 e. The first-order chi connectivity index (χ1) is 14.0. The van der Waals surface area contributed by atoms with Crippen molar-refractivity contribution >= 4 is 10.0 Å². The summed E-state index contributed by atoms with van der Waals surface area (Å²) in [6, 6.07) is 5.48. The predicted molar refractivity (Wildman–Crippen MR) is 107 cm³/mol. The van der Waals surface area contributed by atoms with Crippen LogP contribution in [0.15, 0.2) is 42.1 Å². The van der Waals surface area contributed by atoms with Crippen LogP contribution in [0.3, 0.4) is 0 Å². The van der Waals surface area contributed by atoms with Gasteiger partial charge in [-0.05, 0) is 62.8 Å². The van der Waals surface area contributed by atoms with Crippen molar-refractivity contribution in [3.63, 3.8) is 0 Å². The molecule has 1 saturated carbocycles. The van der Waals surface area contributed by atoms with Crippen LogP contribution in [0, 0.1) is 6.92 Å². The van der Waals surface area contributed by atoms with Crippen LogP contribution in [0.2, 0.25) is 0 Å². The number of aromatic nitrogens is 6. The Morgan fingerprint density at radius 3 is 2.62 bits per heavy atom. The number of hydrogen-bond donors (Lipinski definition) is 1. The van der Waals surface area contributed by atoms with E-state index in [9.17, 15) is 8.42 Å². The lowest BCUT2D eigenvalue weighted by Crippen LogP contribution is -2.39. The van der Waals surface area contributed by atoms with Crippen LogP contribution in [-0.2, 0) is 16.4 Å². The fourth-order valence-corrected chi connectivity index (χ4v) is 5.60. The Morgan fingerprint density at radius 1 is 1.14 bits per heavy atom. The van der Waals surface area contributed by atoms with Gasteiger partial charge in [0.2, 0.25) is 10.0 Å². The lowest BCUT2D eigenvalue weighted by Gasteiger charge is -2.30.